The minimum Gasteiger partial charge on any atom is -0.296 e. The number of likely N-dealkylation sites (tertiary alicyclic amines) is 1. The Hall–Kier alpha value is -0.970. The van der Waals surface area contributed by atoms with Crippen LogP contribution < -0.4 is 0 Å². The molecule has 0 unspecified atom stereocenters. The summed E-state index contributed by atoms with van der Waals surface area (Å²) < 4.78 is 2.02. The SMILES string of the molecule is C1CCN(Cc2nnnn2C2CC2)CC1. The molecule has 0 radical (unpaired) electrons. The van der Waals surface area contributed by atoms with Crippen molar-refractivity contribution >= 4 is 0 Å². The van der Waals surface area contributed by atoms with Gasteiger partial charge in [0.15, 0.2) is 5.82 Å². The lowest BCUT2D eigenvalue weighted by atomic mass is 10.1. The van der Waals surface area contributed by atoms with Gasteiger partial charge in [-0.15, -0.1) is 5.10 Å². The predicted octanol–water partition coefficient (Wildman–Crippen LogP) is 0.994. The summed E-state index contributed by atoms with van der Waals surface area (Å²) >= 11 is 0. The smallest absolute Gasteiger partial charge is 0.165 e. The van der Waals surface area contributed by atoms with Crippen LogP contribution in [0.3, 0.4) is 0 Å². The number of tetrazole rings is 1. The second kappa shape index (κ2) is 3.89. The third kappa shape index (κ3) is 2.02. The zero-order valence-corrected chi connectivity index (χ0v) is 8.97. The fraction of sp³-hybridized carbons (Fsp3) is 0.900. The lowest BCUT2D eigenvalue weighted by Crippen LogP contribution is -2.30. The van der Waals surface area contributed by atoms with E-state index in [0.717, 1.165) is 12.4 Å². The van der Waals surface area contributed by atoms with Crippen molar-refractivity contribution in [3.8, 4) is 0 Å². The fourth-order valence-corrected chi connectivity index (χ4v) is 2.24. The number of hydrogen-bond donors (Lipinski definition) is 0. The quantitative estimate of drug-likeness (QED) is 0.741. The average Bonchev–Trinajstić information content (AvgIpc) is 3.02. The van der Waals surface area contributed by atoms with Crippen molar-refractivity contribution < 1.29 is 0 Å². The van der Waals surface area contributed by atoms with Gasteiger partial charge in [0.25, 0.3) is 0 Å². The van der Waals surface area contributed by atoms with Crippen molar-refractivity contribution in [2.24, 2.45) is 0 Å². The van der Waals surface area contributed by atoms with Gasteiger partial charge >= 0.3 is 0 Å². The fourth-order valence-electron chi connectivity index (χ4n) is 2.24. The molecule has 5 heteroatoms. The normalized spacial score (nSPS) is 23.2. The molecule has 82 valence electrons. The number of rotatable bonds is 3. The topological polar surface area (TPSA) is 46.8 Å². The first-order valence-corrected chi connectivity index (χ1v) is 5.92. The minimum absolute atomic E-state index is 0.597. The zero-order chi connectivity index (χ0) is 10.1. The number of piperidine rings is 1. The highest BCUT2D eigenvalue weighted by Crippen LogP contribution is 2.34. The summed E-state index contributed by atoms with van der Waals surface area (Å²) in [5.41, 5.74) is 0. The summed E-state index contributed by atoms with van der Waals surface area (Å²) in [5.74, 6) is 1.06. The molecule has 0 atom stereocenters. The van der Waals surface area contributed by atoms with E-state index in [2.05, 4.69) is 20.4 Å². The lowest BCUT2D eigenvalue weighted by Gasteiger charge is -2.25. The first kappa shape index (κ1) is 9.27. The van der Waals surface area contributed by atoms with Crippen LogP contribution in [0.1, 0.15) is 44.0 Å². The Morgan fingerprint density at radius 3 is 2.67 bits per heavy atom. The highest BCUT2D eigenvalue weighted by Gasteiger charge is 2.28. The molecule has 5 nitrogen and oxygen atoms in total. The van der Waals surface area contributed by atoms with E-state index in [9.17, 15) is 0 Å². The molecule has 15 heavy (non-hydrogen) atoms. The summed E-state index contributed by atoms with van der Waals surface area (Å²) in [6, 6.07) is 0.597. The third-order valence-electron chi connectivity index (χ3n) is 3.27. The molecule has 1 saturated heterocycles. The zero-order valence-electron chi connectivity index (χ0n) is 8.97. The van der Waals surface area contributed by atoms with Crippen LogP contribution in [0.4, 0.5) is 0 Å². The molecule has 0 spiro atoms. The van der Waals surface area contributed by atoms with Crippen molar-refractivity contribution in [2.75, 3.05) is 13.1 Å². The van der Waals surface area contributed by atoms with Gasteiger partial charge in [-0.05, 0) is 49.2 Å². The van der Waals surface area contributed by atoms with Crippen molar-refractivity contribution in [3.63, 3.8) is 0 Å². The standard InChI is InChI=1S/C10H17N5/c1-2-6-14(7-3-1)8-10-11-12-13-15(10)9-4-5-9/h9H,1-8H2. The molecule has 0 aromatic carbocycles. The van der Waals surface area contributed by atoms with Gasteiger partial charge in [-0.1, -0.05) is 6.42 Å². The molecule has 0 N–H and O–H groups in total. The van der Waals surface area contributed by atoms with E-state index in [1.165, 1.54) is 45.2 Å². The molecule has 1 aromatic heterocycles. The highest BCUT2D eigenvalue weighted by atomic mass is 15.6. The van der Waals surface area contributed by atoms with Gasteiger partial charge in [0.05, 0.1) is 12.6 Å². The average molecular weight is 207 g/mol. The Bertz CT molecular complexity index is 324. The number of aromatic nitrogens is 4. The van der Waals surface area contributed by atoms with Gasteiger partial charge in [0.1, 0.15) is 0 Å². The Labute approximate surface area is 89.4 Å². The van der Waals surface area contributed by atoms with Crippen molar-refractivity contribution in [1.29, 1.82) is 0 Å². The van der Waals surface area contributed by atoms with E-state index in [0.29, 0.717) is 6.04 Å². The maximum absolute atomic E-state index is 4.13. The maximum Gasteiger partial charge on any atom is 0.165 e. The van der Waals surface area contributed by atoms with Gasteiger partial charge in [-0.3, -0.25) is 4.90 Å². The van der Waals surface area contributed by atoms with E-state index in [1.807, 2.05) is 4.68 Å². The van der Waals surface area contributed by atoms with Crippen LogP contribution in [0.2, 0.25) is 0 Å². The van der Waals surface area contributed by atoms with Crippen LogP contribution in [0.5, 0.6) is 0 Å². The molecule has 1 aromatic rings. The first-order chi connectivity index (χ1) is 7.43. The third-order valence-corrected chi connectivity index (χ3v) is 3.27. The molecule has 2 heterocycles. The van der Waals surface area contributed by atoms with Crippen molar-refractivity contribution in [1.82, 2.24) is 25.1 Å². The summed E-state index contributed by atoms with van der Waals surface area (Å²) in [4.78, 5) is 2.47. The second-order valence-electron chi connectivity index (χ2n) is 4.61. The van der Waals surface area contributed by atoms with Crippen LogP contribution in [-0.4, -0.2) is 38.2 Å². The Morgan fingerprint density at radius 2 is 1.93 bits per heavy atom. The number of hydrogen-bond acceptors (Lipinski definition) is 4. The molecule has 0 amide bonds. The molecular formula is C10H17N5. The molecule has 2 fully saturated rings. The largest absolute Gasteiger partial charge is 0.296 e. The van der Waals surface area contributed by atoms with E-state index in [4.69, 9.17) is 0 Å². The Morgan fingerprint density at radius 1 is 1.13 bits per heavy atom. The summed E-state index contributed by atoms with van der Waals surface area (Å²) in [5, 5.41) is 12.0. The number of nitrogens with zero attached hydrogens (tertiary/aromatic N) is 5. The van der Waals surface area contributed by atoms with Crippen LogP contribution >= 0.6 is 0 Å². The van der Waals surface area contributed by atoms with E-state index >= 15 is 0 Å². The van der Waals surface area contributed by atoms with Gasteiger partial charge in [-0.2, -0.15) is 0 Å². The van der Waals surface area contributed by atoms with Crippen molar-refractivity contribution in [2.45, 2.75) is 44.7 Å². The van der Waals surface area contributed by atoms with E-state index < -0.39 is 0 Å². The Kier molecular flexibility index (Phi) is 2.40. The van der Waals surface area contributed by atoms with Crippen molar-refractivity contribution in [3.05, 3.63) is 5.82 Å². The van der Waals surface area contributed by atoms with Crippen LogP contribution in [0.25, 0.3) is 0 Å². The predicted molar refractivity (Wildman–Crippen MR) is 55.2 cm³/mol. The lowest BCUT2D eigenvalue weighted by molar-refractivity contribution is 0.212. The molecule has 1 aliphatic heterocycles. The van der Waals surface area contributed by atoms with Gasteiger partial charge in [-0.25, -0.2) is 4.68 Å². The molecule has 0 bridgehead atoms. The molecule has 3 rings (SSSR count). The van der Waals surface area contributed by atoms with Gasteiger partial charge in [0.2, 0.25) is 0 Å². The van der Waals surface area contributed by atoms with E-state index in [-0.39, 0.29) is 0 Å². The minimum atomic E-state index is 0.597. The van der Waals surface area contributed by atoms with Crippen LogP contribution in [-0.2, 0) is 6.54 Å². The first-order valence-electron chi connectivity index (χ1n) is 5.92. The monoisotopic (exact) mass is 207 g/mol. The van der Waals surface area contributed by atoms with Crippen LogP contribution in [0.15, 0.2) is 0 Å². The second-order valence-corrected chi connectivity index (χ2v) is 4.61. The molecule has 1 saturated carbocycles. The van der Waals surface area contributed by atoms with E-state index in [1.54, 1.807) is 0 Å². The molecular weight excluding hydrogens is 190 g/mol. The molecule has 1 aliphatic carbocycles. The summed E-state index contributed by atoms with van der Waals surface area (Å²) in [6.07, 6.45) is 6.52. The molecule has 2 aliphatic rings. The maximum atomic E-state index is 4.13. The Balaban J connectivity index is 1.67. The summed E-state index contributed by atoms with van der Waals surface area (Å²) in [6.45, 7) is 3.35. The van der Waals surface area contributed by atoms with Gasteiger partial charge < -0.3 is 0 Å². The van der Waals surface area contributed by atoms with Gasteiger partial charge in [0, 0.05) is 0 Å². The summed E-state index contributed by atoms with van der Waals surface area (Å²) in [7, 11) is 0. The van der Waals surface area contributed by atoms with Crippen LogP contribution in [0, 0.1) is 0 Å². The highest BCUT2D eigenvalue weighted by molar-refractivity contribution is 4.90.